The predicted molar refractivity (Wildman–Crippen MR) is 140 cm³/mol. The number of benzene rings is 1. The molecule has 1 aliphatic heterocycles. The van der Waals surface area contributed by atoms with Crippen LogP contribution >= 0.6 is 11.3 Å². The van der Waals surface area contributed by atoms with Crippen LogP contribution in [0.3, 0.4) is 0 Å². The van der Waals surface area contributed by atoms with Crippen LogP contribution in [0.25, 0.3) is 32.6 Å². The molecule has 0 unspecified atom stereocenters. The molecule has 0 saturated carbocycles. The molecule has 1 atom stereocenters. The Morgan fingerprint density at radius 2 is 2.22 bits per heavy atom. The first-order valence-electron chi connectivity index (χ1n) is 11.7. The van der Waals surface area contributed by atoms with E-state index in [4.69, 9.17) is 10.2 Å². The summed E-state index contributed by atoms with van der Waals surface area (Å²) in [7, 11) is 0. The Hall–Kier alpha value is -4.25. The summed E-state index contributed by atoms with van der Waals surface area (Å²) in [4.78, 5) is 29.7. The summed E-state index contributed by atoms with van der Waals surface area (Å²) in [6.45, 7) is 3.75. The first kappa shape index (κ1) is 22.2. The summed E-state index contributed by atoms with van der Waals surface area (Å²) in [5.41, 5.74) is 9.14. The quantitative estimate of drug-likeness (QED) is 0.355. The van der Waals surface area contributed by atoms with Gasteiger partial charge in [0.05, 0.1) is 11.4 Å². The lowest BCUT2D eigenvalue weighted by Crippen LogP contribution is -2.33. The van der Waals surface area contributed by atoms with Gasteiger partial charge in [-0.25, -0.2) is 14.6 Å². The third kappa shape index (κ3) is 3.97. The Bertz CT molecular complexity index is 1590. The number of amides is 1. The average Bonchev–Trinajstić information content (AvgIpc) is 3.62. The number of hydrogen-bond donors (Lipinski definition) is 2. The van der Waals surface area contributed by atoms with Crippen molar-refractivity contribution >= 4 is 51.2 Å². The molecule has 1 fully saturated rings. The van der Waals surface area contributed by atoms with Gasteiger partial charge in [-0.05, 0) is 61.2 Å². The molecule has 11 heteroatoms. The summed E-state index contributed by atoms with van der Waals surface area (Å²) in [5, 5.41) is 9.86. The maximum Gasteiger partial charge on any atom is 0.302 e. The fourth-order valence-electron chi connectivity index (χ4n) is 4.67. The van der Waals surface area contributed by atoms with Gasteiger partial charge in [0, 0.05) is 18.0 Å². The van der Waals surface area contributed by atoms with E-state index in [0.717, 1.165) is 36.4 Å². The van der Waals surface area contributed by atoms with Gasteiger partial charge in [0.2, 0.25) is 0 Å². The number of anilines is 2. The molecule has 0 radical (unpaired) electrons. The second kappa shape index (κ2) is 9.08. The van der Waals surface area contributed by atoms with Gasteiger partial charge in [-0.1, -0.05) is 12.1 Å². The average molecular weight is 501 g/mol. The predicted octanol–water partition coefficient (Wildman–Crippen LogP) is 4.70. The lowest BCUT2D eigenvalue weighted by atomic mass is 10.1. The monoisotopic (exact) mass is 500 g/mol. The zero-order valence-electron chi connectivity index (χ0n) is 19.6. The number of allylic oxidation sites excluding steroid dienone is 1. The van der Waals surface area contributed by atoms with Crippen LogP contribution in [0.1, 0.15) is 36.3 Å². The van der Waals surface area contributed by atoms with E-state index in [-0.39, 0.29) is 23.6 Å². The van der Waals surface area contributed by atoms with Crippen molar-refractivity contribution in [3.05, 3.63) is 60.0 Å². The lowest BCUT2D eigenvalue weighted by Gasteiger charge is -2.32. The third-order valence-corrected chi connectivity index (χ3v) is 7.20. The van der Waals surface area contributed by atoms with E-state index in [2.05, 4.69) is 36.5 Å². The number of carbonyl (C=O) groups excluding carboxylic acids is 1. The Morgan fingerprint density at radius 1 is 1.31 bits per heavy atom. The molecule has 1 aliphatic rings. The zero-order valence-corrected chi connectivity index (χ0v) is 20.4. The maximum absolute atomic E-state index is 13.4. The third-order valence-electron chi connectivity index (χ3n) is 6.28. The number of thiophene rings is 1. The Labute approximate surface area is 210 Å². The highest BCUT2D eigenvalue weighted by atomic mass is 32.1. The van der Waals surface area contributed by atoms with E-state index in [9.17, 15) is 4.79 Å². The number of nitrogens with one attached hydrogen (secondary N) is 1. The molecule has 6 rings (SSSR count). The first-order chi connectivity index (χ1) is 17.6. The van der Waals surface area contributed by atoms with Gasteiger partial charge in [-0.3, -0.25) is 10.1 Å². The molecule has 36 heavy (non-hydrogen) atoms. The van der Waals surface area contributed by atoms with Crippen molar-refractivity contribution in [1.29, 1.82) is 0 Å². The van der Waals surface area contributed by atoms with Crippen LogP contribution in [-0.2, 0) is 0 Å². The van der Waals surface area contributed by atoms with E-state index in [1.165, 1.54) is 6.33 Å². The van der Waals surface area contributed by atoms with Crippen molar-refractivity contribution in [2.24, 2.45) is 0 Å². The number of oxazole rings is 1. The number of hydrogen-bond acceptors (Lipinski definition) is 9. The van der Waals surface area contributed by atoms with E-state index >= 15 is 0 Å². The van der Waals surface area contributed by atoms with Gasteiger partial charge in [0.25, 0.3) is 5.91 Å². The largest absolute Gasteiger partial charge is 0.423 e. The highest BCUT2D eigenvalue weighted by molar-refractivity contribution is 7.13. The van der Waals surface area contributed by atoms with Crippen LogP contribution in [0.2, 0.25) is 0 Å². The number of nitrogens with two attached hydrogens (primary N) is 1. The topological polar surface area (TPSA) is 128 Å². The summed E-state index contributed by atoms with van der Waals surface area (Å²) >= 11 is 1.65. The van der Waals surface area contributed by atoms with Crippen molar-refractivity contribution in [3.8, 4) is 10.4 Å². The molecular weight excluding hydrogens is 476 g/mol. The van der Waals surface area contributed by atoms with E-state index in [1.54, 1.807) is 16.0 Å². The number of nitrogens with zero attached hydrogens (tertiary/aromatic N) is 6. The van der Waals surface area contributed by atoms with Crippen LogP contribution in [0.15, 0.2) is 58.7 Å². The Balaban J connectivity index is 1.32. The molecule has 0 bridgehead atoms. The zero-order chi connectivity index (χ0) is 24.6. The number of rotatable bonds is 5. The second-order valence-electron chi connectivity index (χ2n) is 8.66. The number of nitrogen functional groups attached to an aromatic ring is 1. The standard InChI is InChI=1S/C25H24N8O2S/c1-2-9-32-10-3-5-16(13-32)33-23-20(22(26)27-14-28-23)21(31-33)24(34)30-25-29-17-12-15(7-8-18(17)35-25)19-6-4-11-36-19/h2,4,6-9,11-12,14,16H,3,5,10,13H2,1H3,(H2,26,27,28)(H,29,30,34)/t16-/m1/s1. The maximum atomic E-state index is 13.4. The summed E-state index contributed by atoms with van der Waals surface area (Å²) in [6.07, 6.45) is 7.43. The molecule has 182 valence electrons. The molecule has 0 aliphatic carbocycles. The number of fused-ring (bicyclic) bond motifs is 2. The number of aromatic nitrogens is 5. The smallest absolute Gasteiger partial charge is 0.302 e. The van der Waals surface area contributed by atoms with Crippen molar-refractivity contribution < 1.29 is 9.21 Å². The molecule has 5 heterocycles. The van der Waals surface area contributed by atoms with Gasteiger partial charge >= 0.3 is 6.01 Å². The minimum Gasteiger partial charge on any atom is -0.423 e. The first-order valence-corrected chi connectivity index (χ1v) is 12.6. The van der Waals surface area contributed by atoms with Gasteiger partial charge in [0.1, 0.15) is 17.7 Å². The minimum absolute atomic E-state index is 0.0494. The SMILES string of the molecule is CC=CN1CCC[C@@H](n2nc(C(=O)Nc3nc4cc(-c5cccs5)ccc4o3)c3c(N)ncnc32)C1. The van der Waals surface area contributed by atoms with Crippen molar-refractivity contribution in [2.45, 2.75) is 25.8 Å². The normalized spacial score (nSPS) is 16.4. The van der Waals surface area contributed by atoms with Crippen molar-refractivity contribution in [2.75, 3.05) is 24.1 Å². The van der Waals surface area contributed by atoms with Crippen molar-refractivity contribution in [3.63, 3.8) is 0 Å². The van der Waals surface area contributed by atoms with Crippen LogP contribution in [0.5, 0.6) is 0 Å². The van der Waals surface area contributed by atoms with Crippen molar-refractivity contribution in [1.82, 2.24) is 29.6 Å². The van der Waals surface area contributed by atoms with E-state index < -0.39 is 5.91 Å². The highest BCUT2D eigenvalue weighted by Crippen LogP contribution is 2.31. The molecular formula is C25H24N8O2S. The highest BCUT2D eigenvalue weighted by Gasteiger charge is 2.28. The Kier molecular flexibility index (Phi) is 5.61. The molecule has 5 aromatic rings. The van der Waals surface area contributed by atoms with Gasteiger partial charge in [0.15, 0.2) is 16.9 Å². The van der Waals surface area contributed by atoms with Gasteiger partial charge in [-0.15, -0.1) is 11.3 Å². The van der Waals surface area contributed by atoms with Crippen LogP contribution in [0, 0.1) is 0 Å². The second-order valence-corrected chi connectivity index (χ2v) is 9.60. The molecule has 4 aromatic heterocycles. The number of carbonyl (C=O) groups is 1. The Morgan fingerprint density at radius 3 is 3.06 bits per heavy atom. The van der Waals surface area contributed by atoms with Crippen LogP contribution in [0.4, 0.5) is 11.8 Å². The molecule has 1 saturated heterocycles. The molecule has 3 N–H and O–H groups in total. The fraction of sp³-hybridized carbons (Fsp3) is 0.240. The lowest BCUT2D eigenvalue weighted by molar-refractivity contribution is 0.101. The summed E-state index contributed by atoms with van der Waals surface area (Å²) < 4.78 is 7.59. The minimum atomic E-state index is -0.480. The van der Waals surface area contributed by atoms with E-state index in [1.807, 2.05) is 48.7 Å². The molecule has 10 nitrogen and oxygen atoms in total. The molecule has 1 aromatic carbocycles. The molecule has 0 spiro atoms. The number of piperidine rings is 1. The fourth-order valence-corrected chi connectivity index (χ4v) is 5.40. The summed E-state index contributed by atoms with van der Waals surface area (Å²) in [5.74, 6) is -0.276. The number of likely N-dealkylation sites (tertiary alicyclic amines) is 1. The van der Waals surface area contributed by atoms with Gasteiger partial charge < -0.3 is 15.1 Å². The van der Waals surface area contributed by atoms with Gasteiger partial charge in [-0.2, -0.15) is 10.1 Å². The summed E-state index contributed by atoms with van der Waals surface area (Å²) in [6, 6.07) is 9.95. The molecule has 1 amide bonds. The van der Waals surface area contributed by atoms with Crippen LogP contribution in [-0.4, -0.2) is 48.6 Å². The van der Waals surface area contributed by atoms with Crippen LogP contribution < -0.4 is 11.1 Å². The van der Waals surface area contributed by atoms with E-state index in [0.29, 0.717) is 22.1 Å².